The van der Waals surface area contributed by atoms with E-state index in [4.69, 9.17) is 21.3 Å². The van der Waals surface area contributed by atoms with Crippen molar-refractivity contribution >= 4 is 33.2 Å². The smallest absolute Gasteiger partial charge is 0.232 e. The highest BCUT2D eigenvalue weighted by molar-refractivity contribution is 7.18. The van der Waals surface area contributed by atoms with Crippen LogP contribution in [0.4, 0.5) is 0 Å². The molecule has 0 fully saturated rings. The summed E-state index contributed by atoms with van der Waals surface area (Å²) >= 11 is 7.91. The van der Waals surface area contributed by atoms with E-state index in [1.54, 1.807) is 48.3 Å². The van der Waals surface area contributed by atoms with E-state index in [9.17, 15) is 0 Å². The summed E-state index contributed by atoms with van der Waals surface area (Å²) in [6.45, 7) is 0. The molecule has 0 bridgehead atoms. The van der Waals surface area contributed by atoms with E-state index in [1.807, 2.05) is 0 Å². The average Bonchev–Trinajstić information content (AvgIpc) is 3.09. The Hall–Kier alpha value is -2.64. The first-order chi connectivity index (χ1) is 13.3. The number of halogens is 1. The number of thiophene rings is 1. The molecule has 4 aromatic rings. The molecule has 134 valence electrons. The minimum atomic E-state index is 0.300. The number of pyridine rings is 1. The van der Waals surface area contributed by atoms with Crippen molar-refractivity contribution in [1.82, 2.24) is 24.9 Å². The number of aromatic nitrogens is 5. The maximum atomic E-state index is 6.20. The number of fused-ring (bicyclic) bond motifs is 3. The lowest BCUT2D eigenvalue weighted by Crippen LogP contribution is -2.01. The van der Waals surface area contributed by atoms with E-state index in [2.05, 4.69) is 19.9 Å². The number of aryl methyl sites for hydroxylation is 2. The topological polar surface area (TPSA) is 73.7 Å². The fourth-order valence-electron chi connectivity index (χ4n) is 3.28. The van der Waals surface area contributed by atoms with Crippen molar-refractivity contribution in [3.05, 3.63) is 52.5 Å². The highest BCUT2D eigenvalue weighted by atomic mass is 35.5. The summed E-state index contributed by atoms with van der Waals surface area (Å²) in [4.78, 5) is 24.2. The standard InChI is InChI=1S/C19H14ClN5OS/c20-16-13(5-3-7-23-16)26-18-15-11-4-1-2-6-14(11)27-19(15)25-17(24-18)12-10-21-8-9-22-12/h3,5,7-10H,1-2,4,6H2. The predicted molar refractivity (Wildman–Crippen MR) is 104 cm³/mol. The molecule has 0 radical (unpaired) electrons. The van der Waals surface area contributed by atoms with Crippen LogP contribution < -0.4 is 4.74 Å². The van der Waals surface area contributed by atoms with Gasteiger partial charge in [0, 0.05) is 23.5 Å². The van der Waals surface area contributed by atoms with Crippen LogP contribution in [0.2, 0.25) is 5.15 Å². The minimum absolute atomic E-state index is 0.300. The Morgan fingerprint density at radius 1 is 1.04 bits per heavy atom. The Morgan fingerprint density at radius 2 is 1.96 bits per heavy atom. The molecule has 0 N–H and O–H groups in total. The van der Waals surface area contributed by atoms with Crippen molar-refractivity contribution in [2.75, 3.05) is 0 Å². The Balaban J connectivity index is 1.72. The molecule has 0 spiro atoms. The van der Waals surface area contributed by atoms with Gasteiger partial charge in [0.25, 0.3) is 0 Å². The molecule has 0 amide bonds. The minimum Gasteiger partial charge on any atom is -0.435 e. The fourth-order valence-corrected chi connectivity index (χ4v) is 4.69. The second kappa shape index (κ2) is 6.83. The third-order valence-corrected chi connectivity index (χ3v) is 5.97. The third kappa shape index (κ3) is 3.02. The van der Waals surface area contributed by atoms with E-state index in [0.717, 1.165) is 29.5 Å². The normalized spacial score (nSPS) is 13.5. The van der Waals surface area contributed by atoms with Crippen LogP contribution in [0.25, 0.3) is 21.7 Å². The lowest BCUT2D eigenvalue weighted by molar-refractivity contribution is 0.466. The van der Waals surface area contributed by atoms with E-state index in [1.165, 1.54) is 16.9 Å². The van der Waals surface area contributed by atoms with Crippen LogP contribution in [0.1, 0.15) is 23.3 Å². The first-order valence-electron chi connectivity index (χ1n) is 8.66. The van der Waals surface area contributed by atoms with Crippen LogP contribution in [0.3, 0.4) is 0 Å². The molecule has 4 heterocycles. The van der Waals surface area contributed by atoms with Crippen LogP contribution >= 0.6 is 22.9 Å². The molecule has 1 aliphatic carbocycles. The molecule has 6 nitrogen and oxygen atoms in total. The van der Waals surface area contributed by atoms with E-state index in [-0.39, 0.29) is 0 Å². The summed E-state index contributed by atoms with van der Waals surface area (Å²) in [6, 6.07) is 3.57. The molecule has 0 saturated carbocycles. The van der Waals surface area contributed by atoms with Gasteiger partial charge in [-0.15, -0.1) is 11.3 Å². The predicted octanol–water partition coefficient (Wildman–Crippen LogP) is 4.87. The summed E-state index contributed by atoms with van der Waals surface area (Å²) in [5, 5.41) is 1.27. The quantitative estimate of drug-likeness (QED) is 0.461. The number of hydrogen-bond acceptors (Lipinski definition) is 7. The van der Waals surface area contributed by atoms with E-state index >= 15 is 0 Å². The second-order valence-corrected chi connectivity index (χ2v) is 7.67. The van der Waals surface area contributed by atoms with E-state index < -0.39 is 0 Å². The lowest BCUT2D eigenvalue weighted by Gasteiger charge is -2.13. The SMILES string of the molecule is Clc1ncccc1Oc1nc(-c2cnccn2)nc2sc3c(c12)CCCC3. The maximum Gasteiger partial charge on any atom is 0.232 e. The van der Waals surface area contributed by atoms with Crippen LogP contribution in [-0.2, 0) is 12.8 Å². The molecule has 0 unspecified atom stereocenters. The van der Waals surface area contributed by atoms with Gasteiger partial charge in [-0.3, -0.25) is 4.98 Å². The molecule has 4 aromatic heterocycles. The first-order valence-corrected chi connectivity index (χ1v) is 9.86. The lowest BCUT2D eigenvalue weighted by atomic mass is 9.97. The van der Waals surface area contributed by atoms with Crippen LogP contribution in [-0.4, -0.2) is 24.9 Å². The average molecular weight is 396 g/mol. The molecule has 0 aromatic carbocycles. The molecule has 8 heteroatoms. The monoisotopic (exact) mass is 395 g/mol. The maximum absolute atomic E-state index is 6.20. The Morgan fingerprint density at radius 3 is 2.81 bits per heavy atom. The van der Waals surface area contributed by atoms with Crippen LogP contribution in [0.5, 0.6) is 11.6 Å². The molecule has 1 aliphatic rings. The van der Waals surface area contributed by atoms with Gasteiger partial charge in [0.05, 0.1) is 11.6 Å². The third-order valence-electron chi connectivity index (χ3n) is 4.51. The summed E-state index contributed by atoms with van der Waals surface area (Å²) in [5.74, 6) is 1.46. The van der Waals surface area contributed by atoms with Gasteiger partial charge in [0.15, 0.2) is 16.7 Å². The molecular weight excluding hydrogens is 382 g/mol. The summed E-state index contributed by atoms with van der Waals surface area (Å²) in [5.41, 5.74) is 1.90. The molecule has 0 aliphatic heterocycles. The van der Waals surface area contributed by atoms with Crippen molar-refractivity contribution in [3.8, 4) is 23.1 Å². The first kappa shape index (κ1) is 16.5. The number of hydrogen-bond donors (Lipinski definition) is 0. The van der Waals surface area contributed by atoms with Gasteiger partial charge in [0.2, 0.25) is 5.88 Å². The second-order valence-electron chi connectivity index (χ2n) is 6.23. The van der Waals surface area contributed by atoms with Gasteiger partial charge in [-0.1, -0.05) is 11.6 Å². The van der Waals surface area contributed by atoms with E-state index in [0.29, 0.717) is 28.3 Å². The highest BCUT2D eigenvalue weighted by Gasteiger charge is 2.23. The zero-order valence-electron chi connectivity index (χ0n) is 14.2. The summed E-state index contributed by atoms with van der Waals surface area (Å²) in [7, 11) is 0. The van der Waals surface area contributed by atoms with Gasteiger partial charge >= 0.3 is 0 Å². The zero-order valence-corrected chi connectivity index (χ0v) is 15.8. The van der Waals surface area contributed by atoms with Crippen molar-refractivity contribution < 1.29 is 4.74 Å². The van der Waals surface area contributed by atoms with Gasteiger partial charge in [0.1, 0.15) is 10.5 Å². The summed E-state index contributed by atoms with van der Waals surface area (Å²) in [6.07, 6.45) is 11.0. The molecule has 5 rings (SSSR count). The number of rotatable bonds is 3. The largest absolute Gasteiger partial charge is 0.435 e. The summed E-state index contributed by atoms with van der Waals surface area (Å²) < 4.78 is 6.12. The van der Waals surface area contributed by atoms with Gasteiger partial charge < -0.3 is 4.74 Å². The highest BCUT2D eigenvalue weighted by Crippen LogP contribution is 2.42. The molecule has 0 atom stereocenters. The van der Waals surface area contributed by atoms with Crippen LogP contribution in [0.15, 0.2) is 36.9 Å². The van der Waals surface area contributed by atoms with Gasteiger partial charge in [-0.05, 0) is 43.4 Å². The van der Waals surface area contributed by atoms with Crippen molar-refractivity contribution in [3.63, 3.8) is 0 Å². The Labute approximate surface area is 164 Å². The van der Waals surface area contributed by atoms with Crippen molar-refractivity contribution in [2.45, 2.75) is 25.7 Å². The van der Waals surface area contributed by atoms with Crippen molar-refractivity contribution in [2.24, 2.45) is 0 Å². The Kier molecular flexibility index (Phi) is 4.18. The van der Waals surface area contributed by atoms with Crippen molar-refractivity contribution in [1.29, 1.82) is 0 Å². The Bertz CT molecular complexity index is 1130. The number of nitrogens with zero attached hydrogens (tertiary/aromatic N) is 5. The zero-order chi connectivity index (χ0) is 18.2. The fraction of sp³-hybridized carbons (Fsp3) is 0.211. The number of ether oxygens (including phenoxy) is 1. The molecule has 0 saturated heterocycles. The van der Waals surface area contributed by atoms with Gasteiger partial charge in [-0.2, -0.15) is 4.98 Å². The van der Waals surface area contributed by atoms with Gasteiger partial charge in [-0.25, -0.2) is 15.0 Å². The molecule has 27 heavy (non-hydrogen) atoms. The van der Waals surface area contributed by atoms with Crippen LogP contribution in [0, 0.1) is 0 Å². The molecular formula is C19H14ClN5OS.